The number of aryl methyl sites for hydroxylation is 2. The van der Waals surface area contributed by atoms with Crippen LogP contribution in [0, 0.1) is 25.7 Å². The van der Waals surface area contributed by atoms with E-state index in [0.717, 1.165) is 29.8 Å². The topological polar surface area (TPSA) is 46.4 Å². The molecule has 26 heavy (non-hydrogen) atoms. The Bertz CT molecular complexity index is 829. The molecule has 1 aliphatic rings. The van der Waals surface area contributed by atoms with Gasteiger partial charge in [-0.05, 0) is 62.6 Å². The largest absolute Gasteiger partial charge is 0.348 e. The van der Waals surface area contributed by atoms with Crippen LogP contribution in [0.4, 0.5) is 0 Å². The molecule has 2 aromatic heterocycles. The Labute approximate surface area is 160 Å². The van der Waals surface area contributed by atoms with Gasteiger partial charge in [-0.15, -0.1) is 11.3 Å². The number of hydrogen-bond donors (Lipinski definition) is 1. The monoisotopic (exact) mass is 371 g/mol. The van der Waals surface area contributed by atoms with Crippen LogP contribution < -0.4 is 5.43 Å². The van der Waals surface area contributed by atoms with E-state index in [-0.39, 0.29) is 5.91 Å². The molecule has 140 valence electrons. The molecule has 4 nitrogen and oxygen atoms in total. The van der Waals surface area contributed by atoms with Gasteiger partial charge >= 0.3 is 0 Å². The third-order valence-corrected chi connectivity index (χ3v) is 6.32. The summed E-state index contributed by atoms with van der Waals surface area (Å²) in [5.41, 5.74) is 7.52. The van der Waals surface area contributed by atoms with Crippen molar-refractivity contribution < 1.29 is 4.79 Å². The Morgan fingerprint density at radius 2 is 2.19 bits per heavy atom. The Kier molecular flexibility index (Phi) is 5.66. The molecule has 3 rings (SSSR count). The third-order valence-electron chi connectivity index (χ3n) is 5.08. The number of carbonyl (C=O) groups excluding carboxylic acids is 1. The molecule has 1 N–H and O–H groups in total. The normalized spacial score (nSPS) is 17.1. The van der Waals surface area contributed by atoms with Gasteiger partial charge < -0.3 is 4.57 Å². The molecule has 2 aromatic rings. The van der Waals surface area contributed by atoms with Gasteiger partial charge in [0.1, 0.15) is 0 Å². The zero-order valence-electron chi connectivity index (χ0n) is 16.4. The van der Waals surface area contributed by atoms with Crippen LogP contribution >= 0.6 is 11.3 Å². The second kappa shape index (κ2) is 7.78. The Hall–Kier alpha value is -1.88. The molecule has 0 spiro atoms. The molecule has 0 unspecified atom stereocenters. The lowest BCUT2D eigenvalue weighted by atomic mass is 9.90. The minimum Gasteiger partial charge on any atom is -0.348 e. The molecule has 1 aliphatic carbocycles. The number of thiophene rings is 1. The van der Waals surface area contributed by atoms with Crippen molar-refractivity contribution in [2.75, 3.05) is 0 Å². The maximum Gasteiger partial charge on any atom is 0.281 e. The summed E-state index contributed by atoms with van der Waals surface area (Å²) in [5.74, 6) is 1.20. The Balaban J connectivity index is 1.66. The number of carbonyl (C=O) groups is 1. The van der Waals surface area contributed by atoms with Crippen LogP contribution in [0.25, 0.3) is 0 Å². The van der Waals surface area contributed by atoms with Crippen LogP contribution in [0.15, 0.2) is 17.2 Å². The quantitative estimate of drug-likeness (QED) is 0.600. The van der Waals surface area contributed by atoms with E-state index < -0.39 is 0 Å². The highest BCUT2D eigenvalue weighted by Gasteiger charge is 2.20. The number of rotatable bonds is 5. The fourth-order valence-electron chi connectivity index (χ4n) is 3.64. The summed E-state index contributed by atoms with van der Waals surface area (Å²) in [4.78, 5) is 14.6. The summed E-state index contributed by atoms with van der Waals surface area (Å²) < 4.78 is 2.31. The zero-order chi connectivity index (χ0) is 18.8. The molecule has 1 atom stereocenters. The average Bonchev–Trinajstić information content (AvgIpc) is 3.10. The van der Waals surface area contributed by atoms with Gasteiger partial charge in [0.05, 0.1) is 11.1 Å². The highest BCUT2D eigenvalue weighted by atomic mass is 32.1. The molecule has 1 amide bonds. The predicted octanol–water partition coefficient (Wildman–Crippen LogP) is 4.71. The Morgan fingerprint density at radius 1 is 1.42 bits per heavy atom. The third kappa shape index (κ3) is 4.09. The summed E-state index contributed by atoms with van der Waals surface area (Å²) in [7, 11) is 0. The van der Waals surface area contributed by atoms with Crippen LogP contribution in [0.1, 0.15) is 64.3 Å². The van der Waals surface area contributed by atoms with Gasteiger partial charge in [0.2, 0.25) is 0 Å². The van der Waals surface area contributed by atoms with Gasteiger partial charge in [-0.3, -0.25) is 4.79 Å². The van der Waals surface area contributed by atoms with Crippen molar-refractivity contribution in [2.24, 2.45) is 16.9 Å². The maximum absolute atomic E-state index is 12.4. The standard InChI is InChI=1S/C21H29N3OS/c1-13(2)12-24-15(4)9-18(16(24)5)11-22-23-21(25)20-10-17-8-14(3)6-7-19(17)26-20/h9-11,13-14H,6-8,12H2,1-5H3,(H,23,25)/b22-11-/t14-/m0/s1. The van der Waals surface area contributed by atoms with E-state index in [9.17, 15) is 4.79 Å². The van der Waals surface area contributed by atoms with Crippen molar-refractivity contribution in [3.8, 4) is 0 Å². The number of amides is 1. The number of hydrazone groups is 1. The van der Waals surface area contributed by atoms with Crippen LogP contribution in [0.2, 0.25) is 0 Å². The molecule has 0 aromatic carbocycles. The summed E-state index contributed by atoms with van der Waals surface area (Å²) in [6, 6.07) is 4.17. The SMILES string of the molecule is Cc1cc(/C=N\NC(=O)c2cc3c(s2)CC[C@H](C)C3)c(C)n1CC(C)C. The van der Waals surface area contributed by atoms with Gasteiger partial charge in [-0.2, -0.15) is 5.10 Å². The van der Waals surface area contributed by atoms with E-state index >= 15 is 0 Å². The molecule has 5 heteroatoms. The van der Waals surface area contributed by atoms with Crippen LogP contribution in [0.5, 0.6) is 0 Å². The second-order valence-corrected chi connectivity index (χ2v) is 9.07. The molecule has 0 saturated carbocycles. The number of hydrogen-bond acceptors (Lipinski definition) is 3. The molecule has 0 aliphatic heterocycles. The van der Waals surface area contributed by atoms with Gasteiger partial charge in [0.25, 0.3) is 5.91 Å². The summed E-state index contributed by atoms with van der Waals surface area (Å²) in [6.45, 7) is 11.9. The first-order chi connectivity index (χ1) is 12.3. The molecule has 0 radical (unpaired) electrons. The van der Waals surface area contributed by atoms with Crippen molar-refractivity contribution in [2.45, 2.75) is 60.4 Å². The highest BCUT2D eigenvalue weighted by molar-refractivity contribution is 7.14. The van der Waals surface area contributed by atoms with E-state index in [1.807, 2.05) is 0 Å². The van der Waals surface area contributed by atoms with E-state index in [1.54, 1.807) is 17.6 Å². The minimum absolute atomic E-state index is 0.107. The van der Waals surface area contributed by atoms with Crippen molar-refractivity contribution in [1.82, 2.24) is 9.99 Å². The Morgan fingerprint density at radius 3 is 2.92 bits per heavy atom. The first-order valence-electron chi connectivity index (χ1n) is 9.46. The van der Waals surface area contributed by atoms with Gasteiger partial charge in [0.15, 0.2) is 0 Å². The summed E-state index contributed by atoms with van der Waals surface area (Å²) in [5, 5.41) is 4.20. The zero-order valence-corrected chi connectivity index (χ0v) is 17.2. The van der Waals surface area contributed by atoms with E-state index in [1.165, 1.54) is 28.2 Å². The minimum atomic E-state index is -0.107. The second-order valence-electron chi connectivity index (χ2n) is 7.94. The van der Waals surface area contributed by atoms with Gasteiger partial charge in [0, 0.05) is 28.4 Å². The van der Waals surface area contributed by atoms with Gasteiger partial charge in [-0.25, -0.2) is 5.43 Å². The molecular weight excluding hydrogens is 342 g/mol. The number of aromatic nitrogens is 1. The number of nitrogens with zero attached hydrogens (tertiary/aromatic N) is 2. The predicted molar refractivity (Wildman–Crippen MR) is 109 cm³/mol. The fourth-order valence-corrected chi connectivity index (χ4v) is 4.74. The number of nitrogens with one attached hydrogen (secondary N) is 1. The summed E-state index contributed by atoms with van der Waals surface area (Å²) in [6.07, 6.45) is 5.16. The van der Waals surface area contributed by atoms with Crippen molar-refractivity contribution in [1.29, 1.82) is 0 Å². The van der Waals surface area contributed by atoms with Gasteiger partial charge in [-0.1, -0.05) is 20.8 Å². The highest BCUT2D eigenvalue weighted by Crippen LogP contribution is 2.32. The van der Waals surface area contributed by atoms with E-state index in [0.29, 0.717) is 11.8 Å². The lowest BCUT2D eigenvalue weighted by molar-refractivity contribution is 0.0959. The molecule has 0 fully saturated rings. The van der Waals surface area contributed by atoms with Crippen molar-refractivity contribution in [3.63, 3.8) is 0 Å². The molecular formula is C21H29N3OS. The first-order valence-corrected chi connectivity index (χ1v) is 10.3. The number of fused-ring (bicyclic) bond motifs is 1. The van der Waals surface area contributed by atoms with Crippen LogP contribution in [-0.4, -0.2) is 16.7 Å². The van der Waals surface area contributed by atoms with Crippen molar-refractivity contribution >= 4 is 23.5 Å². The van der Waals surface area contributed by atoms with E-state index in [4.69, 9.17) is 0 Å². The lowest BCUT2D eigenvalue weighted by Gasteiger charge is -2.16. The molecule has 2 heterocycles. The average molecular weight is 372 g/mol. The lowest BCUT2D eigenvalue weighted by Crippen LogP contribution is -2.16. The maximum atomic E-state index is 12.4. The van der Waals surface area contributed by atoms with Crippen LogP contribution in [0.3, 0.4) is 0 Å². The van der Waals surface area contributed by atoms with E-state index in [2.05, 4.69) is 61.8 Å². The fraction of sp³-hybridized carbons (Fsp3) is 0.524. The first kappa shape index (κ1) is 18.9. The summed E-state index contributed by atoms with van der Waals surface area (Å²) >= 11 is 1.62. The van der Waals surface area contributed by atoms with Crippen molar-refractivity contribution in [3.05, 3.63) is 44.4 Å². The molecule has 0 bridgehead atoms. The smallest absolute Gasteiger partial charge is 0.281 e. The molecule has 0 saturated heterocycles. The van der Waals surface area contributed by atoms with Crippen LogP contribution in [-0.2, 0) is 19.4 Å².